The Bertz CT molecular complexity index is 1260. The average molecular weight is 593 g/mol. The van der Waals surface area contributed by atoms with E-state index in [0.717, 1.165) is 37.0 Å². The normalized spacial score (nSPS) is 21.3. The lowest BCUT2D eigenvalue weighted by Crippen LogP contribution is -2.50. The Morgan fingerprint density at radius 1 is 1.25 bits per heavy atom. The number of benzene rings is 1. The molecule has 10 nitrogen and oxygen atoms in total. The van der Waals surface area contributed by atoms with Crippen LogP contribution in [0.3, 0.4) is 0 Å². The summed E-state index contributed by atoms with van der Waals surface area (Å²) in [5.41, 5.74) is 0.845. The molecule has 0 bridgehead atoms. The summed E-state index contributed by atoms with van der Waals surface area (Å²) in [5.74, 6) is 0.107. The SMILES string of the molecule is C[C@H]1CN([C@@H](C)CO)C(=O)Cc2cc(NS(=O)(=O)c3cccs3)ccc2O[C@H]1CN(C)C(=O)NC1CCCCC1. The second kappa shape index (κ2) is 13.2. The molecule has 0 saturated heterocycles. The summed E-state index contributed by atoms with van der Waals surface area (Å²) >= 11 is 1.12. The number of nitrogens with zero attached hydrogens (tertiary/aromatic N) is 2. The van der Waals surface area contributed by atoms with E-state index in [1.54, 1.807) is 53.4 Å². The number of nitrogens with one attached hydrogen (secondary N) is 2. The van der Waals surface area contributed by atoms with Crippen LogP contribution in [0, 0.1) is 5.92 Å². The van der Waals surface area contributed by atoms with Crippen molar-refractivity contribution >= 4 is 39.0 Å². The molecule has 220 valence electrons. The molecule has 1 aromatic heterocycles. The second-order valence-electron chi connectivity index (χ2n) is 10.9. The topological polar surface area (TPSA) is 128 Å². The van der Waals surface area contributed by atoms with Gasteiger partial charge in [-0.25, -0.2) is 13.2 Å². The maximum absolute atomic E-state index is 13.4. The number of hydrogen-bond acceptors (Lipinski definition) is 7. The van der Waals surface area contributed by atoms with Crippen molar-refractivity contribution in [1.82, 2.24) is 15.1 Å². The number of urea groups is 1. The van der Waals surface area contributed by atoms with E-state index in [-0.39, 0.29) is 41.1 Å². The summed E-state index contributed by atoms with van der Waals surface area (Å²) in [7, 11) is -2.03. The molecule has 2 aliphatic rings. The minimum absolute atomic E-state index is 0.0221. The van der Waals surface area contributed by atoms with Crippen LogP contribution in [0.5, 0.6) is 5.75 Å². The van der Waals surface area contributed by atoms with Crippen molar-refractivity contribution in [3.8, 4) is 5.75 Å². The van der Waals surface area contributed by atoms with Crippen LogP contribution in [0.15, 0.2) is 39.9 Å². The lowest BCUT2D eigenvalue weighted by molar-refractivity contribution is -0.134. The fourth-order valence-corrected chi connectivity index (χ4v) is 7.26. The first-order valence-electron chi connectivity index (χ1n) is 13.8. The van der Waals surface area contributed by atoms with Crippen LogP contribution in [-0.4, -0.2) is 80.2 Å². The lowest BCUT2D eigenvalue weighted by Gasteiger charge is -2.34. The highest BCUT2D eigenvalue weighted by atomic mass is 32.2. The van der Waals surface area contributed by atoms with Crippen LogP contribution in [0.4, 0.5) is 10.5 Å². The van der Waals surface area contributed by atoms with Gasteiger partial charge in [-0.2, -0.15) is 0 Å². The number of hydrogen-bond donors (Lipinski definition) is 3. The van der Waals surface area contributed by atoms with Gasteiger partial charge in [0.05, 0.1) is 25.6 Å². The number of amides is 3. The van der Waals surface area contributed by atoms with E-state index >= 15 is 0 Å². The van der Waals surface area contributed by atoms with Crippen molar-refractivity contribution < 1.29 is 27.9 Å². The monoisotopic (exact) mass is 592 g/mol. The summed E-state index contributed by atoms with van der Waals surface area (Å²) in [6, 6.07) is 7.70. The molecule has 2 heterocycles. The number of sulfonamides is 1. The minimum Gasteiger partial charge on any atom is -0.488 e. The van der Waals surface area contributed by atoms with Crippen LogP contribution in [-0.2, 0) is 21.2 Å². The predicted octanol–water partition coefficient (Wildman–Crippen LogP) is 3.67. The van der Waals surface area contributed by atoms with Crippen LogP contribution >= 0.6 is 11.3 Å². The number of aliphatic hydroxyl groups is 1. The Morgan fingerprint density at radius 3 is 2.67 bits per heavy atom. The number of aliphatic hydroxyl groups excluding tert-OH is 1. The van der Waals surface area contributed by atoms with E-state index in [4.69, 9.17) is 4.74 Å². The van der Waals surface area contributed by atoms with Crippen molar-refractivity contribution in [2.75, 3.05) is 31.5 Å². The fraction of sp³-hybridized carbons (Fsp3) is 0.571. The van der Waals surface area contributed by atoms with Crippen LogP contribution in [0.25, 0.3) is 0 Å². The third-order valence-electron chi connectivity index (χ3n) is 7.66. The fourth-order valence-electron chi connectivity index (χ4n) is 5.22. The smallest absolute Gasteiger partial charge is 0.317 e. The molecular weight excluding hydrogens is 552 g/mol. The number of rotatable bonds is 8. The zero-order chi connectivity index (χ0) is 28.9. The van der Waals surface area contributed by atoms with Gasteiger partial charge >= 0.3 is 6.03 Å². The molecule has 2 aromatic rings. The van der Waals surface area contributed by atoms with Gasteiger partial charge in [-0.05, 0) is 49.4 Å². The molecule has 3 N–H and O–H groups in total. The summed E-state index contributed by atoms with van der Waals surface area (Å²) < 4.78 is 34.8. The highest BCUT2D eigenvalue weighted by Gasteiger charge is 2.32. The summed E-state index contributed by atoms with van der Waals surface area (Å²) in [6.45, 7) is 4.20. The second-order valence-corrected chi connectivity index (χ2v) is 13.8. The first kappa shape index (κ1) is 30.1. The van der Waals surface area contributed by atoms with E-state index in [1.165, 1.54) is 12.5 Å². The third-order valence-corrected chi connectivity index (χ3v) is 10.4. The molecule has 1 fully saturated rings. The highest BCUT2D eigenvalue weighted by Crippen LogP contribution is 2.30. The summed E-state index contributed by atoms with van der Waals surface area (Å²) in [6.07, 6.45) is 4.93. The van der Waals surface area contributed by atoms with Crippen molar-refractivity contribution in [3.63, 3.8) is 0 Å². The number of thiophene rings is 1. The van der Waals surface area contributed by atoms with E-state index in [0.29, 0.717) is 30.1 Å². The molecule has 1 aromatic carbocycles. The van der Waals surface area contributed by atoms with Gasteiger partial charge in [0.1, 0.15) is 16.1 Å². The first-order chi connectivity index (χ1) is 19.1. The molecule has 0 unspecified atom stereocenters. The van der Waals surface area contributed by atoms with Gasteiger partial charge in [0, 0.05) is 36.8 Å². The number of ether oxygens (including phenoxy) is 1. The number of fused-ring (bicyclic) bond motifs is 1. The minimum atomic E-state index is -3.77. The average Bonchev–Trinajstić information content (AvgIpc) is 3.49. The Morgan fingerprint density at radius 2 is 2.00 bits per heavy atom. The first-order valence-corrected chi connectivity index (χ1v) is 16.2. The molecule has 12 heteroatoms. The lowest BCUT2D eigenvalue weighted by atomic mass is 9.96. The molecule has 3 amide bonds. The quantitative estimate of drug-likeness (QED) is 0.429. The Kier molecular flexibility index (Phi) is 9.96. The Labute approximate surface area is 240 Å². The zero-order valence-corrected chi connectivity index (χ0v) is 25.0. The number of carbonyl (C=O) groups excluding carboxylic acids is 2. The maximum Gasteiger partial charge on any atom is 0.317 e. The molecule has 40 heavy (non-hydrogen) atoms. The van der Waals surface area contributed by atoms with Gasteiger partial charge in [-0.1, -0.05) is 32.3 Å². The van der Waals surface area contributed by atoms with Crippen molar-refractivity contribution in [2.45, 2.75) is 74.8 Å². The maximum atomic E-state index is 13.4. The number of likely N-dealkylation sites (N-methyl/N-ethyl adjacent to an activating group) is 1. The molecular formula is C28H40N4O6S2. The molecule has 1 saturated carbocycles. The molecule has 0 radical (unpaired) electrons. The van der Waals surface area contributed by atoms with Gasteiger partial charge in [0.15, 0.2) is 0 Å². The summed E-state index contributed by atoms with van der Waals surface area (Å²) in [4.78, 5) is 29.7. The van der Waals surface area contributed by atoms with Crippen molar-refractivity contribution in [3.05, 3.63) is 41.3 Å². The van der Waals surface area contributed by atoms with E-state index in [2.05, 4.69) is 10.0 Å². The van der Waals surface area contributed by atoms with Gasteiger partial charge in [-0.15, -0.1) is 11.3 Å². The Hall–Kier alpha value is -2.83. The van der Waals surface area contributed by atoms with E-state index in [9.17, 15) is 23.1 Å². The Balaban J connectivity index is 1.58. The van der Waals surface area contributed by atoms with Crippen LogP contribution in [0.2, 0.25) is 0 Å². The van der Waals surface area contributed by atoms with Gasteiger partial charge in [0.2, 0.25) is 5.91 Å². The van der Waals surface area contributed by atoms with Gasteiger partial charge in [-0.3, -0.25) is 9.52 Å². The predicted molar refractivity (Wildman–Crippen MR) is 155 cm³/mol. The van der Waals surface area contributed by atoms with E-state index < -0.39 is 22.2 Å². The molecule has 1 aliphatic carbocycles. The van der Waals surface area contributed by atoms with Crippen molar-refractivity contribution in [1.29, 1.82) is 0 Å². The molecule has 4 rings (SSSR count). The van der Waals surface area contributed by atoms with Gasteiger partial charge in [0.25, 0.3) is 10.0 Å². The molecule has 0 spiro atoms. The molecule has 1 aliphatic heterocycles. The molecule has 3 atom stereocenters. The zero-order valence-electron chi connectivity index (χ0n) is 23.3. The van der Waals surface area contributed by atoms with Crippen molar-refractivity contribution in [2.24, 2.45) is 5.92 Å². The van der Waals surface area contributed by atoms with Crippen LogP contribution < -0.4 is 14.8 Å². The highest BCUT2D eigenvalue weighted by molar-refractivity contribution is 7.94. The standard InChI is InChI=1S/C28H40N4O6S2/c1-19-16-32(20(2)18-33)26(34)15-21-14-23(30-40(36,37)27-10-7-13-39-27)11-12-24(21)38-25(19)17-31(3)28(35)29-22-8-5-4-6-9-22/h7,10-14,19-20,22,25,30,33H,4-6,8-9,15-18H2,1-3H3,(H,29,35)/t19-,20-,25-/m0/s1. The van der Waals surface area contributed by atoms with E-state index in [1.807, 2.05) is 6.92 Å². The number of anilines is 1. The third kappa shape index (κ3) is 7.46. The van der Waals surface area contributed by atoms with Gasteiger partial charge < -0.3 is 25.0 Å². The largest absolute Gasteiger partial charge is 0.488 e. The summed E-state index contributed by atoms with van der Waals surface area (Å²) in [5, 5.41) is 14.7. The number of carbonyl (C=O) groups is 2. The van der Waals surface area contributed by atoms with Crippen LogP contribution in [0.1, 0.15) is 51.5 Å².